The van der Waals surface area contributed by atoms with Crippen LogP contribution in [0.2, 0.25) is 0 Å². The minimum Gasteiger partial charge on any atom is -0.480 e. The van der Waals surface area contributed by atoms with Gasteiger partial charge in [0, 0.05) is 5.75 Å². The van der Waals surface area contributed by atoms with E-state index in [0.29, 0.717) is 18.1 Å². The fraction of sp³-hybridized carbons (Fsp3) is 0.261. The Morgan fingerprint density at radius 3 is 2.70 bits per heavy atom. The quantitative estimate of drug-likeness (QED) is 0.370. The molecule has 1 saturated carbocycles. The molecule has 152 valence electrons. The van der Waals surface area contributed by atoms with E-state index in [4.69, 9.17) is 0 Å². The van der Waals surface area contributed by atoms with Gasteiger partial charge in [0.2, 0.25) is 0 Å². The summed E-state index contributed by atoms with van der Waals surface area (Å²) in [7, 11) is 0. The molecule has 0 spiro atoms. The van der Waals surface area contributed by atoms with Crippen LogP contribution in [0.5, 0.6) is 0 Å². The van der Waals surface area contributed by atoms with Gasteiger partial charge in [-0.05, 0) is 52.6 Å². The standard InChI is InChI=1S/C23H20N2O4S/c26-21-18(11-24-29)17(10-15-6-3-5-13-4-1-2-7-16(13)15)20(14-8-9-14)22-25(21)19(12-30-22)23(27)28/h1-7,11,14,19,29H,8-10,12H2,(H,27,28)/b24-11+/t19-/m0/s1. The van der Waals surface area contributed by atoms with Gasteiger partial charge in [-0.15, -0.1) is 11.8 Å². The Hall–Kier alpha value is -3.06. The average Bonchev–Trinajstić information content (AvgIpc) is 3.48. The van der Waals surface area contributed by atoms with Gasteiger partial charge in [0.25, 0.3) is 5.56 Å². The van der Waals surface area contributed by atoms with Crippen LogP contribution in [-0.4, -0.2) is 32.8 Å². The van der Waals surface area contributed by atoms with Crippen LogP contribution < -0.4 is 5.56 Å². The summed E-state index contributed by atoms with van der Waals surface area (Å²) in [5.74, 6) is -0.376. The number of aliphatic carboxylic acids is 1. The molecule has 2 aromatic carbocycles. The summed E-state index contributed by atoms with van der Waals surface area (Å²) in [6, 6.07) is 13.3. The lowest BCUT2D eigenvalue weighted by Crippen LogP contribution is -2.33. The molecule has 1 aliphatic carbocycles. The molecule has 1 atom stereocenters. The number of aromatic nitrogens is 1. The SMILES string of the molecule is O=C(O)[C@@H]1CSc2c(C3CC3)c(Cc3cccc4ccccc34)c(/C=N/O)c(=O)n21. The second-order valence-corrected chi connectivity index (χ2v) is 8.79. The van der Waals surface area contributed by atoms with E-state index in [1.54, 1.807) is 0 Å². The fourth-order valence-corrected chi connectivity index (χ4v) is 5.81. The highest BCUT2D eigenvalue weighted by Crippen LogP contribution is 2.49. The van der Waals surface area contributed by atoms with Crippen molar-refractivity contribution >= 4 is 34.7 Å². The Morgan fingerprint density at radius 2 is 1.97 bits per heavy atom. The van der Waals surface area contributed by atoms with E-state index < -0.39 is 17.6 Å². The first-order valence-corrected chi connectivity index (χ1v) is 10.9. The van der Waals surface area contributed by atoms with Gasteiger partial charge in [-0.1, -0.05) is 47.6 Å². The highest BCUT2D eigenvalue weighted by atomic mass is 32.2. The van der Waals surface area contributed by atoms with Crippen molar-refractivity contribution in [3.8, 4) is 0 Å². The molecule has 2 heterocycles. The Balaban J connectivity index is 1.77. The van der Waals surface area contributed by atoms with Crippen LogP contribution in [0.25, 0.3) is 10.8 Å². The number of oxime groups is 1. The number of nitrogens with zero attached hydrogens (tertiary/aromatic N) is 2. The number of carbonyl (C=O) groups is 1. The van der Waals surface area contributed by atoms with Gasteiger partial charge in [0.05, 0.1) is 16.8 Å². The van der Waals surface area contributed by atoms with E-state index in [1.165, 1.54) is 22.5 Å². The van der Waals surface area contributed by atoms with Gasteiger partial charge in [-0.2, -0.15) is 0 Å². The van der Waals surface area contributed by atoms with Crippen molar-refractivity contribution in [3.63, 3.8) is 0 Å². The molecule has 7 heteroatoms. The number of thioether (sulfide) groups is 1. The highest BCUT2D eigenvalue weighted by Gasteiger charge is 2.39. The monoisotopic (exact) mass is 420 g/mol. The van der Waals surface area contributed by atoms with Crippen LogP contribution in [-0.2, 0) is 11.2 Å². The summed E-state index contributed by atoms with van der Waals surface area (Å²) in [6.45, 7) is 0. The van der Waals surface area contributed by atoms with Crippen molar-refractivity contribution in [3.05, 3.63) is 75.1 Å². The molecule has 0 amide bonds. The maximum Gasteiger partial charge on any atom is 0.327 e. The lowest BCUT2D eigenvalue weighted by molar-refractivity contribution is -0.140. The topological polar surface area (TPSA) is 91.9 Å². The summed E-state index contributed by atoms with van der Waals surface area (Å²) in [5, 5.41) is 25.1. The molecular formula is C23H20N2O4S. The molecule has 0 unspecified atom stereocenters. The number of rotatable bonds is 5. The second-order valence-electron chi connectivity index (χ2n) is 7.79. The van der Waals surface area contributed by atoms with E-state index >= 15 is 0 Å². The first-order valence-electron chi connectivity index (χ1n) is 9.91. The molecule has 0 radical (unpaired) electrons. The fourth-order valence-electron chi connectivity index (χ4n) is 4.41. The van der Waals surface area contributed by atoms with E-state index in [2.05, 4.69) is 29.4 Å². The van der Waals surface area contributed by atoms with Crippen molar-refractivity contribution < 1.29 is 15.1 Å². The third kappa shape index (κ3) is 3.01. The summed E-state index contributed by atoms with van der Waals surface area (Å²) in [4.78, 5) is 25.1. The van der Waals surface area contributed by atoms with E-state index in [9.17, 15) is 19.9 Å². The van der Waals surface area contributed by atoms with Gasteiger partial charge < -0.3 is 10.3 Å². The minimum absolute atomic E-state index is 0.282. The van der Waals surface area contributed by atoms with Crippen molar-refractivity contribution in [1.29, 1.82) is 0 Å². The number of carboxylic acids is 1. The zero-order valence-electron chi connectivity index (χ0n) is 16.1. The summed E-state index contributed by atoms with van der Waals surface area (Å²) >= 11 is 1.44. The molecule has 1 aliphatic heterocycles. The van der Waals surface area contributed by atoms with Crippen LogP contribution >= 0.6 is 11.8 Å². The predicted octanol–water partition coefficient (Wildman–Crippen LogP) is 4.01. The van der Waals surface area contributed by atoms with Crippen molar-refractivity contribution in [2.75, 3.05) is 5.75 Å². The molecule has 5 rings (SSSR count). The van der Waals surface area contributed by atoms with Gasteiger partial charge in [0.15, 0.2) is 0 Å². The molecule has 30 heavy (non-hydrogen) atoms. The lowest BCUT2D eigenvalue weighted by Gasteiger charge is -2.19. The van der Waals surface area contributed by atoms with Crippen LogP contribution in [0, 0.1) is 0 Å². The summed E-state index contributed by atoms with van der Waals surface area (Å²) in [6.07, 6.45) is 3.73. The Bertz CT molecular complexity index is 1250. The van der Waals surface area contributed by atoms with Crippen molar-refractivity contribution in [2.45, 2.75) is 36.2 Å². The number of fused-ring (bicyclic) bond motifs is 2. The largest absolute Gasteiger partial charge is 0.480 e. The Morgan fingerprint density at radius 1 is 1.20 bits per heavy atom. The molecule has 2 N–H and O–H groups in total. The Kier molecular flexibility index (Phi) is 4.62. The Labute approximate surface area is 176 Å². The van der Waals surface area contributed by atoms with Crippen molar-refractivity contribution in [2.24, 2.45) is 5.16 Å². The van der Waals surface area contributed by atoms with E-state index in [1.807, 2.05) is 18.2 Å². The van der Waals surface area contributed by atoms with Crippen LogP contribution in [0.15, 0.2) is 57.4 Å². The van der Waals surface area contributed by atoms with Gasteiger partial charge in [-0.3, -0.25) is 9.36 Å². The molecular weight excluding hydrogens is 400 g/mol. The molecule has 3 aromatic rings. The first kappa shape index (κ1) is 18.9. The number of benzene rings is 2. The van der Waals surface area contributed by atoms with Crippen LogP contribution in [0.1, 0.15) is 47.1 Å². The third-order valence-electron chi connectivity index (χ3n) is 5.94. The molecule has 1 aromatic heterocycles. The third-order valence-corrected chi connectivity index (χ3v) is 7.12. The number of hydrogen-bond acceptors (Lipinski definition) is 5. The van der Waals surface area contributed by atoms with Crippen LogP contribution in [0.4, 0.5) is 0 Å². The number of hydrogen-bond donors (Lipinski definition) is 2. The van der Waals surface area contributed by atoms with E-state index in [-0.39, 0.29) is 5.56 Å². The molecule has 0 saturated heterocycles. The first-order chi connectivity index (χ1) is 14.6. The van der Waals surface area contributed by atoms with E-state index in [0.717, 1.165) is 45.3 Å². The zero-order chi connectivity index (χ0) is 20.8. The van der Waals surface area contributed by atoms with Crippen LogP contribution in [0.3, 0.4) is 0 Å². The molecule has 6 nitrogen and oxygen atoms in total. The molecule has 0 bridgehead atoms. The minimum atomic E-state index is -1.02. The smallest absolute Gasteiger partial charge is 0.327 e. The summed E-state index contributed by atoms with van der Waals surface area (Å²) < 4.78 is 1.39. The number of carboxylic acid groups (broad SMARTS) is 1. The highest BCUT2D eigenvalue weighted by molar-refractivity contribution is 7.99. The molecule has 1 fully saturated rings. The maximum absolute atomic E-state index is 13.3. The van der Waals surface area contributed by atoms with Gasteiger partial charge in [0.1, 0.15) is 6.04 Å². The zero-order valence-corrected chi connectivity index (χ0v) is 16.9. The van der Waals surface area contributed by atoms with Gasteiger partial charge >= 0.3 is 5.97 Å². The van der Waals surface area contributed by atoms with Crippen molar-refractivity contribution in [1.82, 2.24) is 4.57 Å². The normalized spacial score (nSPS) is 18.2. The predicted molar refractivity (Wildman–Crippen MR) is 116 cm³/mol. The van der Waals surface area contributed by atoms with Gasteiger partial charge in [-0.25, -0.2) is 4.79 Å². The average molecular weight is 420 g/mol. The maximum atomic E-state index is 13.3. The summed E-state index contributed by atoms with van der Waals surface area (Å²) in [5.41, 5.74) is 2.86. The lowest BCUT2D eigenvalue weighted by atomic mass is 9.92. The molecule has 2 aliphatic rings. The number of pyridine rings is 1. The second kappa shape index (κ2) is 7.32.